The molecule has 4 aromatic rings. The Morgan fingerprint density at radius 1 is 1.08 bits per heavy atom. The summed E-state index contributed by atoms with van der Waals surface area (Å²) in [6, 6.07) is 14.3. The lowest BCUT2D eigenvalue weighted by molar-refractivity contribution is 0.117. The van der Waals surface area contributed by atoms with Crippen LogP contribution in [0, 0.1) is 18.7 Å². The average Bonchev–Trinajstić information content (AvgIpc) is 3.31. The van der Waals surface area contributed by atoms with E-state index < -0.39 is 0 Å². The van der Waals surface area contributed by atoms with Gasteiger partial charge in [-0.25, -0.2) is 9.07 Å². The van der Waals surface area contributed by atoms with Gasteiger partial charge in [0.25, 0.3) is 5.56 Å². The van der Waals surface area contributed by atoms with Gasteiger partial charge in [0, 0.05) is 24.2 Å². The standard InChI is InChI=1S/C28H35FN6O/c1-7-28(5,6)35-26(31-32-33-35)25(18(2)3)34(16-20-9-12-23(29)13-10-20)17-22-15-21-11-8-19(4)14-24(21)30-27(22)36/h8-15,18,25H,7,16-17H2,1-6H3,(H,30,36)/t25-/m1/s1. The van der Waals surface area contributed by atoms with Crippen LogP contribution < -0.4 is 5.56 Å². The smallest absolute Gasteiger partial charge is 0.252 e. The minimum absolute atomic E-state index is 0.117. The van der Waals surface area contributed by atoms with E-state index in [1.54, 1.807) is 12.1 Å². The van der Waals surface area contributed by atoms with E-state index in [4.69, 9.17) is 0 Å². The summed E-state index contributed by atoms with van der Waals surface area (Å²) in [6.07, 6.45) is 0.859. The van der Waals surface area contributed by atoms with Crippen molar-refractivity contribution in [3.05, 3.63) is 87.2 Å². The summed E-state index contributed by atoms with van der Waals surface area (Å²) < 4.78 is 15.6. The average molecular weight is 491 g/mol. The number of fused-ring (bicyclic) bond motifs is 1. The van der Waals surface area contributed by atoms with Crippen molar-refractivity contribution in [3.63, 3.8) is 0 Å². The highest BCUT2D eigenvalue weighted by Crippen LogP contribution is 2.33. The third-order valence-corrected chi connectivity index (χ3v) is 6.97. The van der Waals surface area contributed by atoms with Crippen LogP contribution in [0.2, 0.25) is 0 Å². The first-order valence-corrected chi connectivity index (χ1v) is 12.5. The fourth-order valence-electron chi connectivity index (χ4n) is 4.62. The molecule has 7 nitrogen and oxygen atoms in total. The van der Waals surface area contributed by atoms with Gasteiger partial charge in [0.2, 0.25) is 0 Å². The molecular weight excluding hydrogens is 455 g/mol. The van der Waals surface area contributed by atoms with Gasteiger partial charge in [-0.1, -0.05) is 45.0 Å². The summed E-state index contributed by atoms with van der Waals surface area (Å²) in [4.78, 5) is 18.4. The monoisotopic (exact) mass is 490 g/mol. The van der Waals surface area contributed by atoms with Gasteiger partial charge in [-0.15, -0.1) is 5.10 Å². The van der Waals surface area contributed by atoms with Gasteiger partial charge in [0.1, 0.15) is 5.82 Å². The molecule has 0 radical (unpaired) electrons. The number of halogens is 1. The maximum atomic E-state index is 13.6. The van der Waals surface area contributed by atoms with Gasteiger partial charge in [-0.05, 0) is 84.3 Å². The normalized spacial score (nSPS) is 13.1. The van der Waals surface area contributed by atoms with Crippen LogP contribution in [0.4, 0.5) is 4.39 Å². The van der Waals surface area contributed by atoms with Crippen LogP contribution in [0.3, 0.4) is 0 Å². The van der Waals surface area contributed by atoms with E-state index in [1.165, 1.54) is 12.1 Å². The molecule has 8 heteroatoms. The summed E-state index contributed by atoms with van der Waals surface area (Å²) in [7, 11) is 0. The zero-order valence-electron chi connectivity index (χ0n) is 21.9. The Balaban J connectivity index is 1.81. The second-order valence-electron chi connectivity index (χ2n) is 10.5. The van der Waals surface area contributed by atoms with Crippen LogP contribution >= 0.6 is 0 Å². The molecule has 190 valence electrons. The van der Waals surface area contributed by atoms with Crippen molar-refractivity contribution in [1.29, 1.82) is 0 Å². The second kappa shape index (κ2) is 10.3. The number of aryl methyl sites for hydroxylation is 1. The van der Waals surface area contributed by atoms with Gasteiger partial charge < -0.3 is 4.98 Å². The molecule has 4 rings (SSSR count). The molecule has 0 saturated heterocycles. The third-order valence-electron chi connectivity index (χ3n) is 6.97. The number of hydrogen-bond donors (Lipinski definition) is 1. The maximum Gasteiger partial charge on any atom is 0.252 e. The number of benzene rings is 2. The second-order valence-corrected chi connectivity index (χ2v) is 10.5. The van der Waals surface area contributed by atoms with Crippen LogP contribution in [0.25, 0.3) is 10.9 Å². The topological polar surface area (TPSA) is 79.7 Å². The molecule has 0 aliphatic carbocycles. The number of aromatic amines is 1. The van der Waals surface area contributed by atoms with Gasteiger partial charge in [-0.2, -0.15) is 0 Å². The fraction of sp³-hybridized carbons (Fsp3) is 0.429. The molecule has 0 bridgehead atoms. The van der Waals surface area contributed by atoms with Crippen molar-refractivity contribution >= 4 is 10.9 Å². The number of rotatable bonds is 9. The minimum atomic E-state index is -0.277. The molecule has 0 unspecified atom stereocenters. The Labute approximate surface area is 211 Å². The molecule has 1 atom stereocenters. The Morgan fingerprint density at radius 3 is 2.47 bits per heavy atom. The number of aromatic nitrogens is 5. The summed E-state index contributed by atoms with van der Waals surface area (Å²) in [5.41, 5.74) is 3.13. The van der Waals surface area contributed by atoms with E-state index in [-0.39, 0.29) is 28.9 Å². The highest BCUT2D eigenvalue weighted by atomic mass is 19.1. The van der Waals surface area contributed by atoms with Crippen LogP contribution in [0.1, 0.15) is 69.6 Å². The van der Waals surface area contributed by atoms with Crippen molar-refractivity contribution in [2.24, 2.45) is 5.92 Å². The van der Waals surface area contributed by atoms with E-state index in [0.717, 1.165) is 34.3 Å². The third kappa shape index (κ3) is 5.38. The largest absolute Gasteiger partial charge is 0.322 e. The number of hydrogen-bond acceptors (Lipinski definition) is 5. The molecule has 2 aromatic carbocycles. The van der Waals surface area contributed by atoms with Crippen LogP contribution in [0.15, 0.2) is 53.3 Å². The predicted molar refractivity (Wildman–Crippen MR) is 140 cm³/mol. The van der Waals surface area contributed by atoms with Crippen molar-refractivity contribution in [1.82, 2.24) is 30.1 Å². The number of tetrazole rings is 1. The van der Waals surface area contributed by atoms with Crippen molar-refractivity contribution in [2.45, 2.75) is 72.6 Å². The number of H-pyrrole nitrogens is 1. The quantitative estimate of drug-likeness (QED) is 0.335. The van der Waals surface area contributed by atoms with E-state index in [1.807, 2.05) is 35.9 Å². The maximum absolute atomic E-state index is 13.6. The molecule has 0 aliphatic heterocycles. The molecule has 36 heavy (non-hydrogen) atoms. The number of nitrogens with zero attached hydrogens (tertiary/aromatic N) is 5. The van der Waals surface area contributed by atoms with Crippen molar-refractivity contribution < 1.29 is 4.39 Å². The SMILES string of the molecule is CCC(C)(C)n1nnnc1[C@@H](C(C)C)N(Cc1ccc(F)cc1)Cc1cc2ccc(C)cc2[nH]c1=O. The molecule has 0 fully saturated rings. The zero-order valence-corrected chi connectivity index (χ0v) is 21.9. The molecular formula is C28H35FN6O. The van der Waals surface area contributed by atoms with Crippen LogP contribution in [-0.4, -0.2) is 30.1 Å². The zero-order chi connectivity index (χ0) is 26.0. The molecule has 0 aliphatic rings. The fourth-order valence-corrected chi connectivity index (χ4v) is 4.62. The van der Waals surface area contributed by atoms with E-state index in [9.17, 15) is 9.18 Å². The molecule has 1 N–H and O–H groups in total. The lowest BCUT2D eigenvalue weighted by Crippen LogP contribution is -2.38. The Hall–Kier alpha value is -3.39. The van der Waals surface area contributed by atoms with Gasteiger partial charge >= 0.3 is 0 Å². The highest BCUT2D eigenvalue weighted by Gasteiger charge is 2.33. The number of pyridine rings is 1. The molecule has 0 saturated carbocycles. The molecule has 2 aromatic heterocycles. The van der Waals surface area contributed by atoms with Crippen LogP contribution in [-0.2, 0) is 18.6 Å². The first-order chi connectivity index (χ1) is 17.1. The Bertz CT molecular complexity index is 1390. The van der Waals surface area contributed by atoms with Gasteiger partial charge in [-0.3, -0.25) is 9.69 Å². The minimum Gasteiger partial charge on any atom is -0.322 e. The summed E-state index contributed by atoms with van der Waals surface area (Å²) in [5.74, 6) is 0.623. The number of nitrogens with one attached hydrogen (secondary N) is 1. The first kappa shape index (κ1) is 25.7. The molecule has 0 amide bonds. The van der Waals surface area contributed by atoms with E-state index in [2.05, 4.69) is 60.0 Å². The summed E-state index contributed by atoms with van der Waals surface area (Å²) in [5, 5.41) is 13.8. The van der Waals surface area contributed by atoms with Crippen molar-refractivity contribution in [3.8, 4) is 0 Å². The summed E-state index contributed by atoms with van der Waals surface area (Å²) >= 11 is 0. The molecule has 0 spiro atoms. The first-order valence-electron chi connectivity index (χ1n) is 12.5. The highest BCUT2D eigenvalue weighted by molar-refractivity contribution is 5.79. The van der Waals surface area contributed by atoms with Gasteiger partial charge in [0.05, 0.1) is 11.6 Å². The van der Waals surface area contributed by atoms with E-state index >= 15 is 0 Å². The van der Waals surface area contributed by atoms with E-state index in [0.29, 0.717) is 18.7 Å². The summed E-state index contributed by atoms with van der Waals surface area (Å²) in [6.45, 7) is 13.5. The van der Waals surface area contributed by atoms with Crippen molar-refractivity contribution in [2.75, 3.05) is 0 Å². The molecule has 2 heterocycles. The lowest BCUT2D eigenvalue weighted by Gasteiger charge is -2.35. The van der Waals surface area contributed by atoms with Crippen LogP contribution in [0.5, 0.6) is 0 Å². The Kier molecular flexibility index (Phi) is 7.36. The Morgan fingerprint density at radius 2 is 1.81 bits per heavy atom. The predicted octanol–water partition coefficient (Wildman–Crippen LogP) is 5.51. The van der Waals surface area contributed by atoms with Gasteiger partial charge in [0.15, 0.2) is 5.82 Å². The lowest BCUT2D eigenvalue weighted by atomic mass is 9.97.